The lowest BCUT2D eigenvalue weighted by atomic mass is 10.0. The van der Waals surface area contributed by atoms with Crippen LogP contribution in [0.4, 0.5) is 0 Å². The van der Waals surface area contributed by atoms with Crippen molar-refractivity contribution in [3.63, 3.8) is 0 Å². The first-order valence-corrected chi connectivity index (χ1v) is 20.1. The number of unbranched alkanes of at least 4 members (excludes halogenated alkanes) is 24. The highest BCUT2D eigenvalue weighted by Crippen LogP contribution is 2.35. The second-order valence-corrected chi connectivity index (χ2v) is 16.0. The van der Waals surface area contributed by atoms with Crippen LogP contribution < -0.4 is 0 Å². The number of thioether (sulfide) groups is 2. The molecular weight excluding hydrogens is 557 g/mol. The van der Waals surface area contributed by atoms with E-state index in [2.05, 4.69) is 50.0 Å². The third-order valence-electron chi connectivity index (χ3n) is 7.86. The Hall–Kier alpha value is -0.260. The van der Waals surface area contributed by atoms with E-state index in [9.17, 15) is 0 Å². The van der Waals surface area contributed by atoms with Crippen LogP contribution in [-0.2, 0) is 0 Å². The van der Waals surface area contributed by atoms with E-state index in [1.807, 2.05) is 0 Å². The summed E-state index contributed by atoms with van der Waals surface area (Å²) < 4.78 is 2.15. The number of rotatable bonds is 30. The normalized spacial score (nSPS) is 12.5. The van der Waals surface area contributed by atoms with Gasteiger partial charge in [-0.05, 0) is 49.3 Å². The molecule has 2 nitrogen and oxygen atoms in total. The fraction of sp³-hybridized carbons (Fsp3) is 0.833. The van der Waals surface area contributed by atoms with Gasteiger partial charge >= 0.3 is 0 Å². The molecule has 0 atom stereocenters. The molecule has 0 amide bonds. The Balaban J connectivity index is 2.02. The second-order valence-electron chi connectivity index (χ2n) is 12.0. The SMILES string of the molecule is CCCCCCCCCCCCCC/C=C(\C)Sc1nnc(S/C(C)=C/CCCCCCCCCCCCCC)s1. The maximum atomic E-state index is 4.44. The highest BCUT2D eigenvalue weighted by Gasteiger charge is 2.07. The minimum absolute atomic E-state index is 1.07. The zero-order valence-electron chi connectivity index (χ0n) is 27.7. The van der Waals surface area contributed by atoms with E-state index in [0.29, 0.717) is 0 Å². The molecule has 0 spiro atoms. The summed E-state index contributed by atoms with van der Waals surface area (Å²) in [6, 6.07) is 0. The van der Waals surface area contributed by atoms with Crippen LogP contribution in [0.5, 0.6) is 0 Å². The van der Waals surface area contributed by atoms with E-state index in [-0.39, 0.29) is 0 Å². The summed E-state index contributed by atoms with van der Waals surface area (Å²) >= 11 is 5.31. The number of hydrogen-bond donors (Lipinski definition) is 0. The van der Waals surface area contributed by atoms with E-state index >= 15 is 0 Å². The minimum atomic E-state index is 1.07. The Morgan fingerprint density at radius 2 is 0.732 bits per heavy atom. The van der Waals surface area contributed by atoms with E-state index in [0.717, 1.165) is 8.68 Å². The quantitative estimate of drug-likeness (QED) is 0.0629. The van der Waals surface area contributed by atoms with E-state index in [4.69, 9.17) is 0 Å². The molecule has 0 aromatic carbocycles. The zero-order valence-corrected chi connectivity index (χ0v) is 30.1. The molecule has 0 aliphatic rings. The van der Waals surface area contributed by atoms with Crippen molar-refractivity contribution in [1.82, 2.24) is 10.2 Å². The van der Waals surface area contributed by atoms with Gasteiger partial charge < -0.3 is 0 Å². The standard InChI is InChI=1S/C36H66N2S3/c1-5-7-9-11-13-15-17-19-21-23-25-27-29-31-33(3)39-35-37-38-36(41-35)40-34(4)32-30-28-26-24-22-20-18-16-14-12-10-8-6-2/h31-32H,5-30H2,1-4H3/b33-31+,34-32+. The fourth-order valence-electron chi connectivity index (χ4n) is 5.22. The number of nitrogens with zero attached hydrogens (tertiary/aromatic N) is 2. The molecule has 5 heteroatoms. The lowest BCUT2D eigenvalue weighted by molar-refractivity contribution is 0.545. The van der Waals surface area contributed by atoms with Crippen LogP contribution in [-0.4, -0.2) is 10.2 Å². The Bertz CT molecular complexity index is 695. The number of hydrogen-bond acceptors (Lipinski definition) is 5. The molecule has 1 rings (SSSR count). The molecule has 0 saturated heterocycles. The van der Waals surface area contributed by atoms with Crippen LogP contribution in [0.1, 0.15) is 195 Å². The summed E-state index contributed by atoms with van der Waals surface area (Å²) in [4.78, 5) is 2.72. The predicted molar refractivity (Wildman–Crippen MR) is 191 cm³/mol. The first-order valence-electron chi connectivity index (χ1n) is 17.7. The molecule has 1 heterocycles. The fourth-order valence-corrected chi connectivity index (χ4v) is 8.40. The first-order chi connectivity index (χ1) is 20.2. The van der Waals surface area contributed by atoms with Crippen molar-refractivity contribution in [2.45, 2.75) is 203 Å². The molecule has 0 fully saturated rings. The van der Waals surface area contributed by atoms with Crippen molar-refractivity contribution < 1.29 is 0 Å². The molecule has 0 unspecified atom stereocenters. The molecule has 41 heavy (non-hydrogen) atoms. The van der Waals surface area contributed by atoms with Gasteiger partial charge in [0.1, 0.15) is 0 Å². The van der Waals surface area contributed by atoms with E-state index in [1.54, 1.807) is 34.9 Å². The van der Waals surface area contributed by atoms with Crippen LogP contribution in [0.25, 0.3) is 0 Å². The van der Waals surface area contributed by atoms with Gasteiger partial charge in [-0.3, -0.25) is 0 Å². The van der Waals surface area contributed by atoms with Crippen LogP contribution in [0.15, 0.2) is 30.6 Å². The molecule has 1 aromatic heterocycles. The summed E-state index contributed by atoms with van der Waals surface area (Å²) in [7, 11) is 0. The average molecular weight is 623 g/mol. The van der Waals surface area contributed by atoms with Gasteiger partial charge in [-0.2, -0.15) is 0 Å². The van der Waals surface area contributed by atoms with Crippen LogP contribution in [0.2, 0.25) is 0 Å². The highest BCUT2D eigenvalue weighted by molar-refractivity contribution is 8.06. The van der Waals surface area contributed by atoms with Crippen LogP contribution >= 0.6 is 34.9 Å². The average Bonchev–Trinajstić information content (AvgIpc) is 3.39. The van der Waals surface area contributed by atoms with E-state index < -0.39 is 0 Å². The number of aromatic nitrogens is 2. The Morgan fingerprint density at radius 1 is 0.463 bits per heavy atom. The second kappa shape index (κ2) is 29.8. The first kappa shape index (κ1) is 38.8. The topological polar surface area (TPSA) is 25.8 Å². The number of allylic oxidation sites excluding steroid dienone is 4. The van der Waals surface area contributed by atoms with Crippen LogP contribution in [0.3, 0.4) is 0 Å². The molecule has 1 aromatic rings. The van der Waals surface area contributed by atoms with Crippen molar-refractivity contribution in [3.05, 3.63) is 22.0 Å². The van der Waals surface area contributed by atoms with Gasteiger partial charge in [0.2, 0.25) is 0 Å². The summed E-state index contributed by atoms with van der Waals surface area (Å²) in [5.74, 6) is 0. The Morgan fingerprint density at radius 3 is 1.02 bits per heavy atom. The van der Waals surface area contributed by atoms with Crippen molar-refractivity contribution in [1.29, 1.82) is 0 Å². The van der Waals surface area contributed by atoms with Crippen molar-refractivity contribution in [2.75, 3.05) is 0 Å². The molecule has 0 saturated carbocycles. The van der Waals surface area contributed by atoms with Crippen molar-refractivity contribution in [3.8, 4) is 0 Å². The van der Waals surface area contributed by atoms with Gasteiger partial charge in [-0.15, -0.1) is 10.2 Å². The minimum Gasteiger partial charge on any atom is -0.130 e. The van der Waals surface area contributed by atoms with E-state index in [1.165, 1.54) is 177 Å². The smallest absolute Gasteiger partial charge is 0.130 e. The Kier molecular flexibility index (Phi) is 28.2. The summed E-state index contributed by atoms with van der Waals surface area (Å²) in [6.45, 7) is 9.03. The summed E-state index contributed by atoms with van der Waals surface area (Å²) in [5, 5.41) is 8.87. The van der Waals surface area contributed by atoms with Gasteiger partial charge in [-0.25, -0.2) is 0 Å². The highest BCUT2D eigenvalue weighted by atomic mass is 32.2. The van der Waals surface area contributed by atoms with Gasteiger partial charge in [-0.1, -0.05) is 202 Å². The molecule has 0 aliphatic carbocycles. The Labute approximate surface area is 269 Å². The lowest BCUT2D eigenvalue weighted by Gasteiger charge is -2.02. The van der Waals surface area contributed by atoms with Gasteiger partial charge in [0, 0.05) is 0 Å². The van der Waals surface area contributed by atoms with Gasteiger partial charge in [0.05, 0.1) is 0 Å². The van der Waals surface area contributed by atoms with Gasteiger partial charge in [0.25, 0.3) is 0 Å². The molecule has 0 radical (unpaired) electrons. The maximum Gasteiger partial charge on any atom is 0.179 e. The lowest BCUT2D eigenvalue weighted by Crippen LogP contribution is -1.82. The molecule has 0 N–H and O–H groups in total. The van der Waals surface area contributed by atoms with Crippen molar-refractivity contribution in [2.24, 2.45) is 0 Å². The predicted octanol–water partition coefficient (Wildman–Crippen LogP) is 14.7. The summed E-state index contributed by atoms with van der Waals surface area (Å²) in [5.41, 5.74) is 0. The largest absolute Gasteiger partial charge is 0.179 e. The van der Waals surface area contributed by atoms with Crippen LogP contribution in [0, 0.1) is 0 Å². The third kappa shape index (κ3) is 25.9. The van der Waals surface area contributed by atoms with Crippen molar-refractivity contribution >= 4 is 34.9 Å². The molecule has 238 valence electrons. The molecular formula is C36H66N2S3. The van der Waals surface area contributed by atoms with Gasteiger partial charge in [0.15, 0.2) is 8.68 Å². The zero-order chi connectivity index (χ0) is 29.6. The third-order valence-corrected chi connectivity index (χ3v) is 10.9. The maximum absolute atomic E-state index is 4.44. The summed E-state index contributed by atoms with van der Waals surface area (Å²) in [6.07, 6.45) is 41.1. The monoisotopic (exact) mass is 622 g/mol. The molecule has 0 bridgehead atoms. The molecule has 0 aliphatic heterocycles.